The molecule has 0 atom stereocenters. The van der Waals surface area contributed by atoms with Gasteiger partial charge in [-0.1, -0.05) is 18.2 Å². The van der Waals surface area contributed by atoms with Crippen molar-refractivity contribution in [2.24, 2.45) is 0 Å². The largest absolute Gasteiger partial charge is 0.348 e. The third kappa shape index (κ3) is 5.01. The molecule has 0 spiro atoms. The molecule has 0 bridgehead atoms. The van der Waals surface area contributed by atoms with E-state index in [2.05, 4.69) is 15.0 Å². The number of sulfonamides is 1. The molecule has 23 heavy (non-hydrogen) atoms. The van der Waals surface area contributed by atoms with E-state index in [1.165, 1.54) is 25.3 Å². The first-order valence-electron chi connectivity index (χ1n) is 6.90. The molecule has 1 amide bonds. The lowest BCUT2D eigenvalue weighted by Crippen LogP contribution is -2.21. The maximum atomic E-state index is 11.8. The van der Waals surface area contributed by atoms with Crippen LogP contribution in [-0.4, -0.2) is 26.4 Å². The van der Waals surface area contributed by atoms with Gasteiger partial charge in [-0.3, -0.25) is 9.78 Å². The van der Waals surface area contributed by atoms with Crippen molar-refractivity contribution in [3.8, 4) is 0 Å². The zero-order chi connectivity index (χ0) is 16.7. The van der Waals surface area contributed by atoms with Crippen LogP contribution in [0.25, 0.3) is 6.08 Å². The Morgan fingerprint density at radius 3 is 2.78 bits per heavy atom. The minimum Gasteiger partial charge on any atom is -0.348 e. The Labute approximate surface area is 135 Å². The Bertz CT molecular complexity index is 802. The van der Waals surface area contributed by atoms with Crippen LogP contribution >= 0.6 is 0 Å². The quantitative estimate of drug-likeness (QED) is 0.782. The highest BCUT2D eigenvalue weighted by Gasteiger charge is 2.11. The van der Waals surface area contributed by atoms with Crippen LogP contribution in [0.4, 0.5) is 0 Å². The fourth-order valence-corrected chi connectivity index (χ4v) is 2.63. The maximum Gasteiger partial charge on any atom is 0.244 e. The number of carbonyl (C=O) groups excluding carboxylic acids is 1. The summed E-state index contributed by atoms with van der Waals surface area (Å²) in [5.74, 6) is -0.268. The molecule has 2 aromatic rings. The summed E-state index contributed by atoms with van der Waals surface area (Å²) in [5.41, 5.74) is 1.52. The van der Waals surface area contributed by atoms with E-state index in [1.54, 1.807) is 36.7 Å². The molecule has 1 aromatic heterocycles. The van der Waals surface area contributed by atoms with Crippen molar-refractivity contribution in [2.45, 2.75) is 11.4 Å². The molecule has 1 heterocycles. The smallest absolute Gasteiger partial charge is 0.244 e. The lowest BCUT2D eigenvalue weighted by molar-refractivity contribution is -0.116. The van der Waals surface area contributed by atoms with Gasteiger partial charge < -0.3 is 5.32 Å². The molecule has 0 aliphatic rings. The number of carbonyl (C=O) groups is 1. The van der Waals surface area contributed by atoms with Crippen molar-refractivity contribution in [1.29, 1.82) is 0 Å². The number of rotatable bonds is 6. The lowest BCUT2D eigenvalue weighted by Gasteiger charge is -2.06. The van der Waals surface area contributed by atoms with Crippen LogP contribution in [-0.2, 0) is 21.4 Å². The summed E-state index contributed by atoms with van der Waals surface area (Å²) in [6.45, 7) is 0.239. The van der Waals surface area contributed by atoms with Crippen molar-refractivity contribution in [1.82, 2.24) is 15.0 Å². The molecule has 6 nitrogen and oxygen atoms in total. The predicted octanol–water partition coefficient (Wildman–Crippen LogP) is 1.32. The average molecular weight is 331 g/mol. The van der Waals surface area contributed by atoms with E-state index >= 15 is 0 Å². The van der Waals surface area contributed by atoms with Crippen LogP contribution in [0.15, 0.2) is 59.8 Å². The number of nitrogens with one attached hydrogen (secondary N) is 2. The Morgan fingerprint density at radius 1 is 1.26 bits per heavy atom. The first kappa shape index (κ1) is 16.9. The van der Waals surface area contributed by atoms with E-state index in [1.807, 2.05) is 6.07 Å². The van der Waals surface area contributed by atoms with Crippen molar-refractivity contribution in [3.63, 3.8) is 0 Å². The summed E-state index contributed by atoms with van der Waals surface area (Å²) < 4.78 is 25.7. The third-order valence-electron chi connectivity index (χ3n) is 3.06. The SMILES string of the molecule is CNS(=O)(=O)c1cccc(CNC(=O)C=Cc2cccnc2)c1. The van der Waals surface area contributed by atoms with Gasteiger partial charge in [-0.05, 0) is 42.4 Å². The minimum absolute atomic E-state index is 0.164. The first-order valence-corrected chi connectivity index (χ1v) is 8.38. The molecule has 0 saturated carbocycles. The fourth-order valence-electron chi connectivity index (χ4n) is 1.84. The zero-order valence-corrected chi connectivity index (χ0v) is 13.4. The number of benzene rings is 1. The summed E-state index contributed by atoms with van der Waals surface area (Å²) in [7, 11) is -2.13. The van der Waals surface area contributed by atoms with Crippen molar-refractivity contribution in [3.05, 3.63) is 66.0 Å². The van der Waals surface area contributed by atoms with Gasteiger partial charge in [0.2, 0.25) is 15.9 Å². The van der Waals surface area contributed by atoms with Crippen LogP contribution < -0.4 is 10.0 Å². The standard InChI is InChI=1S/C16H17N3O3S/c1-17-23(21,22)15-6-2-4-14(10-15)12-19-16(20)8-7-13-5-3-9-18-11-13/h2-11,17H,12H2,1H3,(H,19,20). The van der Waals surface area contributed by atoms with E-state index < -0.39 is 10.0 Å². The Balaban J connectivity index is 1.97. The first-order chi connectivity index (χ1) is 11.0. The van der Waals surface area contributed by atoms with Gasteiger partial charge in [0, 0.05) is 25.0 Å². The zero-order valence-electron chi connectivity index (χ0n) is 12.6. The second-order valence-electron chi connectivity index (χ2n) is 4.69. The number of pyridine rings is 1. The van der Waals surface area contributed by atoms with E-state index in [9.17, 15) is 13.2 Å². The second kappa shape index (κ2) is 7.66. The average Bonchev–Trinajstić information content (AvgIpc) is 2.59. The second-order valence-corrected chi connectivity index (χ2v) is 6.58. The van der Waals surface area contributed by atoms with Crippen molar-refractivity contribution < 1.29 is 13.2 Å². The van der Waals surface area contributed by atoms with Gasteiger partial charge in [-0.15, -0.1) is 0 Å². The summed E-state index contributed by atoms with van der Waals surface area (Å²) in [5, 5.41) is 2.70. The highest BCUT2D eigenvalue weighted by atomic mass is 32.2. The van der Waals surface area contributed by atoms with Crippen LogP contribution in [0, 0.1) is 0 Å². The summed E-state index contributed by atoms with van der Waals surface area (Å²) >= 11 is 0. The molecule has 7 heteroatoms. The Hall–Kier alpha value is -2.51. The molecular weight excluding hydrogens is 314 g/mol. The number of nitrogens with zero attached hydrogens (tertiary/aromatic N) is 1. The Kier molecular flexibility index (Phi) is 5.61. The molecule has 0 aliphatic carbocycles. The highest BCUT2D eigenvalue weighted by molar-refractivity contribution is 7.89. The molecule has 0 saturated heterocycles. The summed E-state index contributed by atoms with van der Waals surface area (Å²) in [6.07, 6.45) is 6.37. The summed E-state index contributed by atoms with van der Waals surface area (Å²) in [6, 6.07) is 10.0. The van der Waals surface area contributed by atoms with Gasteiger partial charge in [0.15, 0.2) is 0 Å². The summed E-state index contributed by atoms with van der Waals surface area (Å²) in [4.78, 5) is 15.9. The predicted molar refractivity (Wildman–Crippen MR) is 87.8 cm³/mol. The minimum atomic E-state index is -3.49. The monoisotopic (exact) mass is 331 g/mol. The number of amides is 1. The van der Waals surface area contributed by atoms with Gasteiger partial charge in [0.1, 0.15) is 0 Å². The topological polar surface area (TPSA) is 88.2 Å². The number of hydrogen-bond donors (Lipinski definition) is 2. The molecule has 0 fully saturated rings. The van der Waals surface area contributed by atoms with Gasteiger partial charge in [0.25, 0.3) is 0 Å². The highest BCUT2D eigenvalue weighted by Crippen LogP contribution is 2.11. The van der Waals surface area contributed by atoms with E-state index in [4.69, 9.17) is 0 Å². The number of aromatic nitrogens is 1. The van der Waals surface area contributed by atoms with Crippen LogP contribution in [0.2, 0.25) is 0 Å². The van der Waals surface area contributed by atoms with Crippen LogP contribution in [0.1, 0.15) is 11.1 Å². The van der Waals surface area contributed by atoms with Gasteiger partial charge in [-0.25, -0.2) is 13.1 Å². The van der Waals surface area contributed by atoms with E-state index in [-0.39, 0.29) is 17.3 Å². The molecule has 0 aliphatic heterocycles. The third-order valence-corrected chi connectivity index (χ3v) is 4.47. The van der Waals surface area contributed by atoms with Crippen molar-refractivity contribution >= 4 is 22.0 Å². The molecule has 0 radical (unpaired) electrons. The molecule has 0 unspecified atom stereocenters. The number of hydrogen-bond acceptors (Lipinski definition) is 4. The van der Waals surface area contributed by atoms with Crippen molar-refractivity contribution in [2.75, 3.05) is 7.05 Å². The molecular formula is C16H17N3O3S. The van der Waals surface area contributed by atoms with E-state index in [0.29, 0.717) is 5.56 Å². The van der Waals surface area contributed by atoms with Crippen LogP contribution in [0.3, 0.4) is 0 Å². The fraction of sp³-hybridized carbons (Fsp3) is 0.125. The molecule has 2 rings (SSSR count). The van der Waals surface area contributed by atoms with Gasteiger partial charge in [-0.2, -0.15) is 0 Å². The van der Waals surface area contributed by atoms with E-state index in [0.717, 1.165) is 5.56 Å². The van der Waals surface area contributed by atoms with Gasteiger partial charge in [0.05, 0.1) is 4.90 Å². The van der Waals surface area contributed by atoms with Gasteiger partial charge >= 0.3 is 0 Å². The molecule has 2 N–H and O–H groups in total. The maximum absolute atomic E-state index is 11.8. The van der Waals surface area contributed by atoms with Crippen LogP contribution in [0.5, 0.6) is 0 Å². The Morgan fingerprint density at radius 2 is 2.09 bits per heavy atom. The molecule has 120 valence electrons. The normalized spacial score (nSPS) is 11.5. The molecule has 1 aromatic carbocycles. The lowest BCUT2D eigenvalue weighted by atomic mass is 10.2.